The van der Waals surface area contributed by atoms with E-state index < -0.39 is 5.60 Å². The molecule has 64 valence electrons. The van der Waals surface area contributed by atoms with E-state index in [1.807, 2.05) is 19.1 Å². The fourth-order valence-corrected chi connectivity index (χ4v) is 1.94. The average molecular weight is 228 g/mol. The Morgan fingerprint density at radius 3 is 3.08 bits per heavy atom. The lowest BCUT2D eigenvalue weighted by Crippen LogP contribution is -2.18. The second-order valence-electron chi connectivity index (χ2n) is 3.42. The molecular weight excluding hydrogens is 218 g/mol. The summed E-state index contributed by atoms with van der Waals surface area (Å²) >= 11 is 3.29. The third-order valence-corrected chi connectivity index (χ3v) is 2.78. The number of hydrogen-bond donors (Lipinski definition) is 1. The average Bonchev–Trinajstić information content (AvgIpc) is 2.28. The molecular formula is C9H10BrNO. The van der Waals surface area contributed by atoms with Crippen molar-refractivity contribution in [1.82, 2.24) is 4.98 Å². The van der Waals surface area contributed by atoms with Crippen molar-refractivity contribution in [2.24, 2.45) is 0 Å². The maximum atomic E-state index is 9.89. The largest absolute Gasteiger partial charge is 0.384 e. The van der Waals surface area contributed by atoms with E-state index in [4.69, 9.17) is 0 Å². The van der Waals surface area contributed by atoms with Crippen molar-refractivity contribution < 1.29 is 5.11 Å². The molecule has 0 bridgehead atoms. The van der Waals surface area contributed by atoms with Gasteiger partial charge in [-0.15, -0.1) is 0 Å². The first-order valence-electron chi connectivity index (χ1n) is 3.98. The lowest BCUT2D eigenvalue weighted by molar-refractivity contribution is 0.0552. The molecule has 0 saturated heterocycles. The van der Waals surface area contributed by atoms with Crippen molar-refractivity contribution in [2.75, 3.05) is 0 Å². The second kappa shape index (κ2) is 2.54. The maximum Gasteiger partial charge on any atom is 0.106 e. The predicted molar refractivity (Wildman–Crippen MR) is 49.8 cm³/mol. The zero-order chi connectivity index (χ0) is 8.77. The van der Waals surface area contributed by atoms with Gasteiger partial charge in [-0.25, -0.2) is 4.98 Å². The molecule has 1 heterocycles. The number of aliphatic hydroxyl groups is 1. The Labute approximate surface area is 79.8 Å². The molecule has 3 heteroatoms. The van der Waals surface area contributed by atoms with E-state index in [1.165, 1.54) is 5.56 Å². The van der Waals surface area contributed by atoms with Crippen molar-refractivity contribution in [1.29, 1.82) is 0 Å². The van der Waals surface area contributed by atoms with Crippen LogP contribution in [0.25, 0.3) is 0 Å². The topological polar surface area (TPSA) is 33.1 Å². The number of hydrogen-bond acceptors (Lipinski definition) is 2. The van der Waals surface area contributed by atoms with E-state index in [1.54, 1.807) is 0 Å². The summed E-state index contributed by atoms with van der Waals surface area (Å²) in [7, 11) is 0. The van der Waals surface area contributed by atoms with Crippen molar-refractivity contribution >= 4 is 15.9 Å². The molecule has 12 heavy (non-hydrogen) atoms. The predicted octanol–water partition coefficient (Wildman–Crippen LogP) is 2.00. The zero-order valence-electron chi connectivity index (χ0n) is 6.84. The Morgan fingerprint density at radius 1 is 1.58 bits per heavy atom. The summed E-state index contributed by atoms with van der Waals surface area (Å²) in [5.41, 5.74) is 1.28. The van der Waals surface area contributed by atoms with Crippen molar-refractivity contribution in [3.63, 3.8) is 0 Å². The molecule has 0 aromatic carbocycles. The fraction of sp³-hybridized carbons (Fsp3) is 0.444. The van der Waals surface area contributed by atoms with Crippen LogP contribution in [0.15, 0.2) is 16.7 Å². The van der Waals surface area contributed by atoms with Gasteiger partial charge in [-0.05, 0) is 47.3 Å². The number of aryl methyl sites for hydroxylation is 1. The molecule has 1 aromatic rings. The SMILES string of the molecule is CC1(O)CCc2ccc(Br)nc21. The van der Waals surface area contributed by atoms with Crippen LogP contribution in [0.4, 0.5) is 0 Å². The number of nitrogens with zero attached hydrogens (tertiary/aromatic N) is 1. The Morgan fingerprint density at radius 2 is 2.33 bits per heavy atom. The van der Waals surface area contributed by atoms with Gasteiger partial charge in [0.15, 0.2) is 0 Å². The fourth-order valence-electron chi connectivity index (χ4n) is 1.63. The maximum absolute atomic E-state index is 9.89. The molecule has 0 spiro atoms. The minimum atomic E-state index is -0.723. The Bertz CT molecular complexity index is 322. The van der Waals surface area contributed by atoms with Crippen molar-refractivity contribution in [3.05, 3.63) is 28.0 Å². The highest BCUT2D eigenvalue weighted by molar-refractivity contribution is 9.10. The van der Waals surface area contributed by atoms with E-state index >= 15 is 0 Å². The molecule has 0 aliphatic heterocycles. The van der Waals surface area contributed by atoms with Gasteiger partial charge in [-0.2, -0.15) is 0 Å². The number of aromatic nitrogens is 1. The molecule has 1 unspecified atom stereocenters. The highest BCUT2D eigenvalue weighted by Gasteiger charge is 2.33. The van der Waals surface area contributed by atoms with E-state index in [2.05, 4.69) is 20.9 Å². The second-order valence-corrected chi connectivity index (χ2v) is 4.23. The molecule has 1 N–H and O–H groups in total. The van der Waals surface area contributed by atoms with E-state index in [0.29, 0.717) is 0 Å². The van der Waals surface area contributed by atoms with Crippen LogP contribution in [0.3, 0.4) is 0 Å². The zero-order valence-corrected chi connectivity index (χ0v) is 8.43. The number of rotatable bonds is 0. The van der Waals surface area contributed by atoms with Gasteiger partial charge in [0.2, 0.25) is 0 Å². The van der Waals surface area contributed by atoms with Gasteiger partial charge in [0.1, 0.15) is 10.2 Å². The van der Waals surface area contributed by atoms with Gasteiger partial charge in [0, 0.05) is 0 Å². The third kappa shape index (κ3) is 1.17. The van der Waals surface area contributed by atoms with Gasteiger partial charge in [-0.3, -0.25) is 0 Å². The summed E-state index contributed by atoms with van der Waals surface area (Å²) in [4.78, 5) is 4.27. The molecule has 1 atom stereocenters. The lowest BCUT2D eigenvalue weighted by Gasteiger charge is -2.15. The summed E-state index contributed by atoms with van der Waals surface area (Å²) in [6, 6.07) is 3.94. The molecule has 0 radical (unpaired) electrons. The summed E-state index contributed by atoms with van der Waals surface area (Å²) in [6.45, 7) is 1.82. The van der Waals surface area contributed by atoms with Gasteiger partial charge in [-0.1, -0.05) is 6.07 Å². The van der Waals surface area contributed by atoms with Crippen LogP contribution in [0.1, 0.15) is 24.6 Å². The number of fused-ring (bicyclic) bond motifs is 1. The van der Waals surface area contributed by atoms with Crippen LogP contribution >= 0.6 is 15.9 Å². The van der Waals surface area contributed by atoms with Gasteiger partial charge < -0.3 is 5.11 Å². The first kappa shape index (κ1) is 8.20. The van der Waals surface area contributed by atoms with Crippen molar-refractivity contribution in [3.8, 4) is 0 Å². The smallest absolute Gasteiger partial charge is 0.106 e. The minimum Gasteiger partial charge on any atom is -0.384 e. The van der Waals surface area contributed by atoms with Gasteiger partial charge in [0.05, 0.1) is 5.69 Å². The molecule has 2 rings (SSSR count). The van der Waals surface area contributed by atoms with Crippen LogP contribution < -0.4 is 0 Å². The molecule has 0 fully saturated rings. The molecule has 1 aromatic heterocycles. The Kier molecular flexibility index (Phi) is 1.73. The highest BCUT2D eigenvalue weighted by atomic mass is 79.9. The third-order valence-electron chi connectivity index (χ3n) is 2.34. The number of halogens is 1. The van der Waals surface area contributed by atoms with E-state index in [9.17, 15) is 5.11 Å². The minimum absolute atomic E-state index is 0.723. The van der Waals surface area contributed by atoms with Gasteiger partial charge in [0.25, 0.3) is 0 Å². The van der Waals surface area contributed by atoms with Crippen LogP contribution in [0.5, 0.6) is 0 Å². The quantitative estimate of drug-likeness (QED) is 0.689. The summed E-state index contributed by atoms with van der Waals surface area (Å²) in [5, 5.41) is 9.89. The standard InChI is InChI=1S/C9H10BrNO/c1-9(12)5-4-6-2-3-7(10)11-8(6)9/h2-3,12H,4-5H2,1H3. The summed E-state index contributed by atoms with van der Waals surface area (Å²) < 4.78 is 0.795. The molecule has 1 aliphatic rings. The van der Waals surface area contributed by atoms with E-state index in [0.717, 1.165) is 23.1 Å². The molecule has 0 amide bonds. The first-order chi connectivity index (χ1) is 5.59. The van der Waals surface area contributed by atoms with Crippen molar-refractivity contribution in [2.45, 2.75) is 25.4 Å². The monoisotopic (exact) mass is 227 g/mol. The van der Waals surface area contributed by atoms with Crippen LogP contribution in [0, 0.1) is 0 Å². The molecule has 2 nitrogen and oxygen atoms in total. The highest BCUT2D eigenvalue weighted by Crippen LogP contribution is 2.35. The number of pyridine rings is 1. The molecule has 0 saturated carbocycles. The lowest BCUT2D eigenvalue weighted by atomic mass is 10.0. The van der Waals surface area contributed by atoms with Gasteiger partial charge >= 0.3 is 0 Å². The van der Waals surface area contributed by atoms with Crippen LogP contribution in [0.2, 0.25) is 0 Å². The normalized spacial score (nSPS) is 27.2. The summed E-state index contributed by atoms with van der Waals surface area (Å²) in [5.74, 6) is 0. The van der Waals surface area contributed by atoms with Crippen LogP contribution in [-0.2, 0) is 12.0 Å². The Hall–Kier alpha value is -0.410. The first-order valence-corrected chi connectivity index (χ1v) is 4.77. The molecule has 1 aliphatic carbocycles. The summed E-state index contributed by atoms with van der Waals surface area (Å²) in [6.07, 6.45) is 1.72. The Balaban J connectivity index is 2.57. The van der Waals surface area contributed by atoms with Crippen LogP contribution in [-0.4, -0.2) is 10.1 Å². The van der Waals surface area contributed by atoms with E-state index in [-0.39, 0.29) is 0 Å².